The molecule has 140 valence electrons. The van der Waals surface area contributed by atoms with Gasteiger partial charge in [-0.3, -0.25) is 4.98 Å². The zero-order valence-electron chi connectivity index (χ0n) is 14.3. The molecule has 0 N–H and O–H groups in total. The highest BCUT2D eigenvalue weighted by Crippen LogP contribution is 2.33. The van der Waals surface area contributed by atoms with Crippen molar-refractivity contribution in [1.29, 1.82) is 0 Å². The molecule has 0 spiro atoms. The van der Waals surface area contributed by atoms with Crippen molar-refractivity contribution in [2.75, 3.05) is 0 Å². The fourth-order valence-electron chi connectivity index (χ4n) is 2.50. The van der Waals surface area contributed by atoms with Gasteiger partial charge in [0, 0.05) is 28.6 Å². The molecule has 28 heavy (non-hydrogen) atoms. The number of thiazole rings is 1. The third-order valence-corrected chi connectivity index (χ3v) is 6.68. The van der Waals surface area contributed by atoms with Gasteiger partial charge < -0.3 is 4.18 Å². The van der Waals surface area contributed by atoms with Gasteiger partial charge in [0.05, 0.1) is 4.88 Å². The van der Waals surface area contributed by atoms with Crippen LogP contribution in [0.15, 0.2) is 88.6 Å². The van der Waals surface area contributed by atoms with E-state index >= 15 is 0 Å². The van der Waals surface area contributed by atoms with Gasteiger partial charge in [-0.2, -0.15) is 8.42 Å². The van der Waals surface area contributed by atoms with E-state index < -0.39 is 10.1 Å². The Bertz CT molecular complexity index is 1210. The number of hydrogen-bond donors (Lipinski definition) is 0. The maximum absolute atomic E-state index is 12.4. The van der Waals surface area contributed by atoms with Crippen LogP contribution >= 0.6 is 27.3 Å². The Balaban J connectivity index is 1.54. The molecule has 4 aromatic rings. The highest BCUT2D eigenvalue weighted by molar-refractivity contribution is 9.10. The molecule has 0 radical (unpaired) electrons. The molecule has 0 atom stereocenters. The van der Waals surface area contributed by atoms with Crippen molar-refractivity contribution in [3.63, 3.8) is 0 Å². The second-order valence-electron chi connectivity index (χ2n) is 5.79. The molecular weight excluding hydrogens is 460 g/mol. The average Bonchev–Trinajstić information content (AvgIpc) is 3.19. The lowest BCUT2D eigenvalue weighted by Gasteiger charge is -2.07. The molecule has 0 aliphatic heterocycles. The highest BCUT2D eigenvalue weighted by Gasteiger charge is 2.17. The largest absolute Gasteiger partial charge is 0.379 e. The topological polar surface area (TPSA) is 69.2 Å². The van der Waals surface area contributed by atoms with Crippen LogP contribution in [0.25, 0.3) is 21.0 Å². The Morgan fingerprint density at radius 1 is 0.929 bits per heavy atom. The van der Waals surface area contributed by atoms with Crippen LogP contribution in [0, 0.1) is 0 Å². The zero-order chi connectivity index (χ0) is 19.6. The van der Waals surface area contributed by atoms with Crippen LogP contribution in [0.3, 0.4) is 0 Å². The molecule has 2 aromatic heterocycles. The van der Waals surface area contributed by atoms with Gasteiger partial charge in [-0.15, -0.1) is 11.3 Å². The highest BCUT2D eigenvalue weighted by atomic mass is 79.9. The Kier molecular flexibility index (Phi) is 5.25. The van der Waals surface area contributed by atoms with E-state index in [2.05, 4.69) is 25.9 Å². The van der Waals surface area contributed by atoms with Gasteiger partial charge in [-0.25, -0.2) is 4.98 Å². The maximum Gasteiger partial charge on any atom is 0.339 e. The number of rotatable bonds is 5. The van der Waals surface area contributed by atoms with Crippen molar-refractivity contribution in [3.8, 4) is 26.8 Å². The minimum Gasteiger partial charge on any atom is -0.379 e. The summed E-state index contributed by atoms with van der Waals surface area (Å²) in [5, 5.41) is 0.876. The Morgan fingerprint density at radius 2 is 1.75 bits per heavy atom. The molecule has 0 fully saturated rings. The lowest BCUT2D eigenvalue weighted by Crippen LogP contribution is -2.09. The minimum atomic E-state index is -3.89. The number of nitrogens with zero attached hydrogens (tertiary/aromatic N) is 2. The number of halogens is 1. The number of aromatic nitrogens is 2. The van der Waals surface area contributed by atoms with Crippen molar-refractivity contribution in [2.24, 2.45) is 0 Å². The fraction of sp³-hybridized carbons (Fsp3) is 0. The second kappa shape index (κ2) is 7.83. The predicted molar refractivity (Wildman–Crippen MR) is 113 cm³/mol. The van der Waals surface area contributed by atoms with Gasteiger partial charge in [-0.05, 0) is 60.2 Å². The first-order chi connectivity index (χ1) is 13.5. The SMILES string of the molecule is O=S(=O)(Oc1ccc(-c2cnc(-c3cccnc3)s2)cc1)c1cccc(Br)c1. The van der Waals surface area contributed by atoms with Crippen LogP contribution in [0.1, 0.15) is 0 Å². The van der Waals surface area contributed by atoms with Crippen LogP contribution in [0.4, 0.5) is 0 Å². The van der Waals surface area contributed by atoms with Gasteiger partial charge >= 0.3 is 10.1 Å². The zero-order valence-corrected chi connectivity index (χ0v) is 17.5. The van der Waals surface area contributed by atoms with Crippen molar-refractivity contribution in [1.82, 2.24) is 9.97 Å². The molecule has 2 heterocycles. The van der Waals surface area contributed by atoms with Crippen molar-refractivity contribution >= 4 is 37.4 Å². The lowest BCUT2D eigenvalue weighted by atomic mass is 10.2. The predicted octanol–water partition coefficient (Wildman–Crippen LogP) is 5.40. The summed E-state index contributed by atoms with van der Waals surface area (Å²) in [5.74, 6) is 0.251. The summed E-state index contributed by atoms with van der Waals surface area (Å²) in [6.07, 6.45) is 5.28. The van der Waals surface area contributed by atoms with Crippen LogP contribution in [0.2, 0.25) is 0 Å². The van der Waals surface area contributed by atoms with Crippen LogP contribution in [-0.2, 0) is 10.1 Å². The van der Waals surface area contributed by atoms with Gasteiger partial charge in [0.2, 0.25) is 0 Å². The molecule has 0 saturated carbocycles. The van der Waals surface area contributed by atoms with E-state index in [9.17, 15) is 8.42 Å². The first kappa shape index (κ1) is 18.8. The lowest BCUT2D eigenvalue weighted by molar-refractivity contribution is 0.486. The smallest absolute Gasteiger partial charge is 0.339 e. The van der Waals surface area contributed by atoms with Crippen LogP contribution in [-0.4, -0.2) is 18.4 Å². The standard InChI is InChI=1S/C20H13BrN2O3S2/c21-16-4-1-5-18(11-16)28(24,25)26-17-8-6-14(7-9-17)19-13-23-20(27-19)15-3-2-10-22-12-15/h1-13H. The van der Waals surface area contributed by atoms with E-state index in [-0.39, 0.29) is 10.6 Å². The summed E-state index contributed by atoms with van der Waals surface area (Å²) in [6, 6.07) is 17.1. The first-order valence-corrected chi connectivity index (χ1v) is 11.2. The van der Waals surface area contributed by atoms with Crippen molar-refractivity contribution in [3.05, 3.63) is 83.7 Å². The van der Waals surface area contributed by atoms with E-state index in [1.807, 2.05) is 24.3 Å². The van der Waals surface area contributed by atoms with Crippen LogP contribution < -0.4 is 4.18 Å². The van der Waals surface area contributed by atoms with E-state index in [0.29, 0.717) is 4.47 Å². The van der Waals surface area contributed by atoms with Gasteiger partial charge in [0.15, 0.2) is 0 Å². The van der Waals surface area contributed by atoms with Crippen molar-refractivity contribution in [2.45, 2.75) is 4.90 Å². The molecular formula is C20H13BrN2O3S2. The monoisotopic (exact) mass is 472 g/mol. The molecule has 8 heteroatoms. The summed E-state index contributed by atoms with van der Waals surface area (Å²) in [7, 11) is -3.89. The van der Waals surface area contributed by atoms with Gasteiger partial charge in [0.25, 0.3) is 0 Å². The molecule has 2 aromatic carbocycles. The van der Waals surface area contributed by atoms with E-state index in [0.717, 1.165) is 21.0 Å². The normalized spacial score (nSPS) is 11.3. The Hall–Kier alpha value is -2.55. The Morgan fingerprint density at radius 3 is 2.46 bits per heavy atom. The van der Waals surface area contributed by atoms with Crippen molar-refractivity contribution < 1.29 is 12.6 Å². The third kappa shape index (κ3) is 4.14. The molecule has 0 unspecified atom stereocenters. The molecule has 0 aliphatic rings. The third-order valence-electron chi connectivity index (χ3n) is 3.84. The summed E-state index contributed by atoms with van der Waals surface area (Å²) in [6.45, 7) is 0. The molecule has 0 aliphatic carbocycles. The summed E-state index contributed by atoms with van der Waals surface area (Å²) in [5.41, 5.74) is 1.89. The first-order valence-electron chi connectivity index (χ1n) is 8.18. The summed E-state index contributed by atoms with van der Waals surface area (Å²) in [4.78, 5) is 9.61. The fourth-order valence-corrected chi connectivity index (χ4v) is 4.94. The van der Waals surface area contributed by atoms with Gasteiger partial charge in [0.1, 0.15) is 15.7 Å². The molecule has 5 nitrogen and oxygen atoms in total. The number of pyridine rings is 1. The summed E-state index contributed by atoms with van der Waals surface area (Å²) >= 11 is 4.81. The van der Waals surface area contributed by atoms with Gasteiger partial charge in [-0.1, -0.05) is 22.0 Å². The minimum absolute atomic E-state index is 0.0921. The quantitative estimate of drug-likeness (QED) is 0.363. The molecule has 4 rings (SSSR count). The number of benzene rings is 2. The molecule has 0 amide bonds. The van der Waals surface area contributed by atoms with E-state index in [1.165, 1.54) is 12.1 Å². The number of hydrogen-bond acceptors (Lipinski definition) is 6. The van der Waals surface area contributed by atoms with Crippen LogP contribution in [0.5, 0.6) is 5.75 Å². The molecule has 0 saturated heterocycles. The summed E-state index contributed by atoms with van der Waals surface area (Å²) < 4.78 is 30.7. The Labute approximate surface area is 174 Å². The average molecular weight is 473 g/mol. The molecule has 0 bridgehead atoms. The van der Waals surface area contributed by atoms with E-state index in [4.69, 9.17) is 4.18 Å². The maximum atomic E-state index is 12.4. The van der Waals surface area contributed by atoms with E-state index in [1.54, 1.807) is 54.2 Å². The second-order valence-corrected chi connectivity index (χ2v) is 9.28.